The van der Waals surface area contributed by atoms with Crippen molar-refractivity contribution >= 4 is 5.91 Å². The summed E-state index contributed by atoms with van der Waals surface area (Å²) in [7, 11) is 0. The zero-order chi connectivity index (χ0) is 23.0. The van der Waals surface area contributed by atoms with Crippen LogP contribution in [-0.2, 0) is 6.54 Å². The smallest absolute Gasteiger partial charge is 0.271 e. The highest BCUT2D eigenvalue weighted by Gasteiger charge is 2.15. The molecule has 0 bridgehead atoms. The van der Waals surface area contributed by atoms with Gasteiger partial charge in [0.25, 0.3) is 11.5 Å². The lowest BCUT2D eigenvalue weighted by Crippen LogP contribution is -2.31. The lowest BCUT2D eigenvalue weighted by Gasteiger charge is -2.18. The Morgan fingerprint density at radius 2 is 1.45 bits per heavy atom. The molecule has 0 saturated heterocycles. The maximum absolute atomic E-state index is 12.8. The predicted molar refractivity (Wildman–Crippen MR) is 130 cm³/mol. The minimum Gasteiger partial charge on any atom is -0.351 e. The summed E-state index contributed by atoms with van der Waals surface area (Å²) in [6, 6.07) is 31.4. The van der Waals surface area contributed by atoms with Gasteiger partial charge in [-0.2, -0.15) is 5.10 Å². The van der Waals surface area contributed by atoms with E-state index >= 15 is 0 Å². The van der Waals surface area contributed by atoms with Crippen molar-refractivity contribution in [3.05, 3.63) is 135 Å². The van der Waals surface area contributed by atoms with Crippen molar-refractivity contribution in [1.82, 2.24) is 15.1 Å². The zero-order valence-electron chi connectivity index (χ0n) is 18.6. The molecule has 0 aliphatic rings. The zero-order valence-corrected chi connectivity index (χ0v) is 18.6. The number of hydrogen-bond donors (Lipinski definition) is 1. The number of nitrogens with zero attached hydrogens (tertiary/aromatic N) is 2. The highest BCUT2D eigenvalue weighted by molar-refractivity contribution is 5.91. The van der Waals surface area contributed by atoms with Gasteiger partial charge in [-0.25, -0.2) is 4.68 Å². The van der Waals surface area contributed by atoms with Crippen LogP contribution < -0.4 is 10.9 Å². The fraction of sp³-hybridized carbons (Fsp3) is 0.179. The molecule has 0 atom stereocenters. The first-order valence-corrected chi connectivity index (χ1v) is 11.1. The van der Waals surface area contributed by atoms with E-state index in [1.54, 1.807) is 0 Å². The number of rotatable bonds is 8. The van der Waals surface area contributed by atoms with Crippen LogP contribution in [0.4, 0.5) is 0 Å². The number of carbonyl (C=O) groups excluding carboxylic acids is 1. The number of amides is 1. The topological polar surface area (TPSA) is 64.0 Å². The largest absolute Gasteiger partial charge is 0.351 e. The van der Waals surface area contributed by atoms with Gasteiger partial charge in [-0.1, -0.05) is 90.5 Å². The molecule has 3 aromatic carbocycles. The average Bonchev–Trinajstić information content (AvgIpc) is 2.85. The molecule has 5 heteroatoms. The molecule has 4 rings (SSSR count). The van der Waals surface area contributed by atoms with Gasteiger partial charge < -0.3 is 5.32 Å². The van der Waals surface area contributed by atoms with Crippen LogP contribution in [0, 0.1) is 6.92 Å². The van der Waals surface area contributed by atoms with Gasteiger partial charge in [-0.05, 0) is 36.1 Å². The van der Waals surface area contributed by atoms with E-state index in [1.165, 1.54) is 27.9 Å². The average molecular weight is 438 g/mol. The van der Waals surface area contributed by atoms with Crippen LogP contribution in [0.3, 0.4) is 0 Å². The fourth-order valence-corrected chi connectivity index (χ4v) is 3.87. The summed E-state index contributed by atoms with van der Waals surface area (Å²) in [5, 5.41) is 7.27. The van der Waals surface area contributed by atoms with Crippen molar-refractivity contribution < 1.29 is 4.79 Å². The number of benzene rings is 3. The number of nitrogens with one attached hydrogen (secondary N) is 1. The quantitative estimate of drug-likeness (QED) is 0.440. The molecule has 0 aliphatic heterocycles. The third kappa shape index (κ3) is 5.83. The molecule has 0 aliphatic carbocycles. The molecule has 1 N–H and O–H groups in total. The van der Waals surface area contributed by atoms with Crippen molar-refractivity contribution in [1.29, 1.82) is 0 Å². The summed E-state index contributed by atoms with van der Waals surface area (Å²) < 4.78 is 1.33. The van der Waals surface area contributed by atoms with Crippen molar-refractivity contribution in [2.75, 3.05) is 6.54 Å². The van der Waals surface area contributed by atoms with Gasteiger partial charge in [-0.3, -0.25) is 9.59 Å². The second-order valence-electron chi connectivity index (χ2n) is 8.12. The second-order valence-corrected chi connectivity index (χ2v) is 8.12. The standard InChI is InChI=1S/C28H27N3O2/c1-21-12-14-22(15-13-21)20-31-27(32)17-16-26(30-31)28(33)29-19-18-25(23-8-4-2-5-9-23)24-10-6-3-7-11-24/h2-17,25H,18-20H2,1H3,(H,29,33). The third-order valence-electron chi connectivity index (χ3n) is 5.67. The summed E-state index contributed by atoms with van der Waals surface area (Å²) in [5.41, 5.74) is 4.53. The van der Waals surface area contributed by atoms with Gasteiger partial charge in [0.1, 0.15) is 5.69 Å². The molecule has 0 radical (unpaired) electrons. The van der Waals surface area contributed by atoms with E-state index < -0.39 is 0 Å². The third-order valence-corrected chi connectivity index (χ3v) is 5.67. The first kappa shape index (κ1) is 22.2. The Morgan fingerprint density at radius 3 is 2.06 bits per heavy atom. The van der Waals surface area contributed by atoms with Crippen LogP contribution in [0.15, 0.2) is 102 Å². The van der Waals surface area contributed by atoms with Crippen LogP contribution in [0.1, 0.15) is 45.1 Å². The van der Waals surface area contributed by atoms with E-state index in [-0.39, 0.29) is 23.1 Å². The van der Waals surface area contributed by atoms with E-state index in [4.69, 9.17) is 0 Å². The molecule has 0 fully saturated rings. The van der Waals surface area contributed by atoms with Gasteiger partial charge in [-0.15, -0.1) is 0 Å². The second kappa shape index (κ2) is 10.6. The number of carbonyl (C=O) groups is 1. The summed E-state index contributed by atoms with van der Waals surface area (Å²) >= 11 is 0. The molecule has 0 saturated carbocycles. The van der Waals surface area contributed by atoms with E-state index in [0.717, 1.165) is 17.5 Å². The van der Waals surface area contributed by atoms with E-state index in [0.29, 0.717) is 13.1 Å². The van der Waals surface area contributed by atoms with Crippen molar-refractivity contribution in [3.63, 3.8) is 0 Å². The summed E-state index contributed by atoms with van der Waals surface area (Å²) in [4.78, 5) is 25.0. The monoisotopic (exact) mass is 437 g/mol. The summed E-state index contributed by atoms with van der Waals surface area (Å²) in [6.45, 7) is 2.83. The van der Waals surface area contributed by atoms with Crippen molar-refractivity contribution in [2.45, 2.75) is 25.8 Å². The maximum Gasteiger partial charge on any atom is 0.271 e. The van der Waals surface area contributed by atoms with Crippen molar-refractivity contribution in [2.24, 2.45) is 0 Å². The van der Waals surface area contributed by atoms with Crippen LogP contribution in [0.25, 0.3) is 0 Å². The molecule has 33 heavy (non-hydrogen) atoms. The molecule has 0 unspecified atom stereocenters. The van der Waals surface area contributed by atoms with Gasteiger partial charge in [0.05, 0.1) is 6.54 Å². The van der Waals surface area contributed by atoms with E-state index in [2.05, 4.69) is 34.7 Å². The van der Waals surface area contributed by atoms with Gasteiger partial charge in [0.15, 0.2) is 0 Å². The molecular formula is C28H27N3O2. The fourth-order valence-electron chi connectivity index (χ4n) is 3.87. The lowest BCUT2D eigenvalue weighted by atomic mass is 9.88. The lowest BCUT2D eigenvalue weighted by molar-refractivity contribution is 0.0945. The first-order chi connectivity index (χ1) is 16.1. The Balaban J connectivity index is 1.43. The Morgan fingerprint density at radius 1 is 0.848 bits per heavy atom. The number of aromatic nitrogens is 2. The number of hydrogen-bond acceptors (Lipinski definition) is 3. The van der Waals surface area contributed by atoms with Crippen LogP contribution >= 0.6 is 0 Å². The molecular weight excluding hydrogens is 410 g/mol. The summed E-state index contributed by atoms with van der Waals surface area (Å²) in [5.74, 6) is -0.108. The molecule has 5 nitrogen and oxygen atoms in total. The Bertz CT molecular complexity index is 1210. The molecule has 1 heterocycles. The Kier molecular flexibility index (Phi) is 7.10. The van der Waals surface area contributed by atoms with E-state index in [1.807, 2.05) is 67.6 Å². The van der Waals surface area contributed by atoms with Gasteiger partial charge in [0.2, 0.25) is 0 Å². The SMILES string of the molecule is Cc1ccc(Cn2nc(C(=O)NCCC(c3ccccc3)c3ccccc3)ccc2=O)cc1. The highest BCUT2D eigenvalue weighted by atomic mass is 16.2. The Labute approximate surface area is 193 Å². The highest BCUT2D eigenvalue weighted by Crippen LogP contribution is 2.27. The number of aryl methyl sites for hydroxylation is 1. The van der Waals surface area contributed by atoms with Crippen LogP contribution in [-0.4, -0.2) is 22.2 Å². The van der Waals surface area contributed by atoms with E-state index in [9.17, 15) is 9.59 Å². The molecule has 0 spiro atoms. The van der Waals surface area contributed by atoms with Crippen molar-refractivity contribution in [3.8, 4) is 0 Å². The normalized spacial score (nSPS) is 10.8. The minimum absolute atomic E-state index is 0.177. The summed E-state index contributed by atoms with van der Waals surface area (Å²) in [6.07, 6.45) is 0.753. The molecule has 1 aromatic heterocycles. The van der Waals surface area contributed by atoms with Crippen LogP contribution in [0.2, 0.25) is 0 Å². The molecule has 1 amide bonds. The predicted octanol–water partition coefficient (Wildman–Crippen LogP) is 4.55. The Hall–Kier alpha value is -3.99. The van der Waals surface area contributed by atoms with Crippen LogP contribution in [0.5, 0.6) is 0 Å². The van der Waals surface area contributed by atoms with Gasteiger partial charge >= 0.3 is 0 Å². The molecule has 166 valence electrons. The first-order valence-electron chi connectivity index (χ1n) is 11.1. The maximum atomic E-state index is 12.8. The molecule has 4 aromatic rings. The minimum atomic E-state index is -0.285. The van der Waals surface area contributed by atoms with Gasteiger partial charge in [0, 0.05) is 18.5 Å².